The van der Waals surface area contributed by atoms with E-state index < -0.39 is 0 Å². The maximum Gasteiger partial charge on any atom is 0.144 e. The van der Waals surface area contributed by atoms with Crippen LogP contribution in [0.3, 0.4) is 0 Å². The molecule has 0 aliphatic heterocycles. The van der Waals surface area contributed by atoms with Crippen molar-refractivity contribution in [3.8, 4) is 61.8 Å². The molecule has 0 bridgehead atoms. The summed E-state index contributed by atoms with van der Waals surface area (Å²) in [6.07, 6.45) is 1.98. The van der Waals surface area contributed by atoms with Gasteiger partial charge in [-0.25, -0.2) is 4.98 Å². The third-order valence-electron chi connectivity index (χ3n) is 10.2. The number of pyridine rings is 1. The number of phenolic OH excluding ortho intramolecular Hbond substituents is 1. The summed E-state index contributed by atoms with van der Waals surface area (Å²) >= 11 is 0. The molecule has 4 nitrogen and oxygen atoms in total. The van der Waals surface area contributed by atoms with Crippen molar-refractivity contribution in [2.75, 3.05) is 0 Å². The van der Waals surface area contributed by atoms with Gasteiger partial charge in [-0.2, -0.15) is 0 Å². The average molecular weight is 698 g/mol. The zero-order chi connectivity index (χ0) is 37.7. The fourth-order valence-electron chi connectivity index (χ4n) is 7.28. The Morgan fingerprint density at radius 1 is 0.623 bits per heavy atom. The fourth-order valence-corrected chi connectivity index (χ4v) is 7.28. The van der Waals surface area contributed by atoms with E-state index >= 15 is 0 Å². The number of hydrogen-bond acceptors (Lipinski definition) is 3. The summed E-state index contributed by atoms with van der Waals surface area (Å²) < 4.78 is 2.31. The molecule has 1 N–H and O–H groups in total. The summed E-state index contributed by atoms with van der Waals surface area (Å²) in [4.78, 5) is 10.5. The van der Waals surface area contributed by atoms with Gasteiger partial charge in [0.1, 0.15) is 11.6 Å². The maximum absolute atomic E-state index is 12.0. The largest absolute Gasteiger partial charge is 0.507 e. The molecule has 0 radical (unpaired) electrons. The van der Waals surface area contributed by atoms with Crippen LogP contribution in [0, 0.1) is 12.8 Å². The highest BCUT2D eigenvalue weighted by Gasteiger charge is 2.28. The lowest BCUT2D eigenvalue weighted by Gasteiger charge is -2.27. The highest BCUT2D eigenvalue weighted by molar-refractivity contribution is 5.97. The molecule has 0 fully saturated rings. The van der Waals surface area contributed by atoms with E-state index in [-0.39, 0.29) is 10.8 Å². The molecule has 0 aliphatic carbocycles. The number of phenols is 1. The summed E-state index contributed by atoms with van der Waals surface area (Å²) in [5.41, 5.74) is 14.3. The van der Waals surface area contributed by atoms with E-state index in [2.05, 4.69) is 182 Å². The van der Waals surface area contributed by atoms with E-state index in [4.69, 9.17) is 9.97 Å². The average Bonchev–Trinajstić information content (AvgIpc) is 3.49. The van der Waals surface area contributed by atoms with Gasteiger partial charge in [0, 0.05) is 29.4 Å². The molecule has 4 heteroatoms. The molecule has 0 aliphatic rings. The Bertz CT molecular complexity index is 2420. The van der Waals surface area contributed by atoms with Gasteiger partial charge >= 0.3 is 0 Å². The Kier molecular flexibility index (Phi) is 9.36. The number of imidazole rings is 1. The van der Waals surface area contributed by atoms with E-state index in [9.17, 15) is 5.11 Å². The Morgan fingerprint density at radius 2 is 1.26 bits per heavy atom. The first-order chi connectivity index (χ1) is 25.2. The highest BCUT2D eigenvalue weighted by atomic mass is 16.3. The molecule has 268 valence electrons. The number of nitrogens with zero attached hydrogens (tertiary/aromatic N) is 3. The van der Waals surface area contributed by atoms with Gasteiger partial charge in [0.2, 0.25) is 0 Å². The third-order valence-corrected chi connectivity index (χ3v) is 10.2. The standard InChI is InChI=1S/C49H51N3O/c1-31(2)30-52-44-22-16-21-39(45(44)51-47(52)41-26-38(48(4,5)6)27-42(46(41)53)49(7,8)9)36-23-35(33-17-12-10-13-18-33)24-37(25-36)43-28-40(32(3)29-50-43)34-19-14-11-15-20-34/h10-29,31,53H,30H2,1-9H3. The molecule has 0 saturated heterocycles. The van der Waals surface area contributed by atoms with Crippen LogP contribution in [-0.4, -0.2) is 19.6 Å². The van der Waals surface area contributed by atoms with Crippen LogP contribution in [0.2, 0.25) is 0 Å². The van der Waals surface area contributed by atoms with E-state index in [0.29, 0.717) is 11.7 Å². The molecule has 0 unspecified atom stereocenters. The predicted octanol–water partition coefficient (Wildman–Crippen LogP) is 13.0. The second kappa shape index (κ2) is 13.8. The molecule has 0 saturated carbocycles. The van der Waals surface area contributed by atoms with Crippen molar-refractivity contribution in [3.05, 3.63) is 138 Å². The lowest BCUT2D eigenvalue weighted by molar-refractivity contribution is 0.445. The second-order valence-electron chi connectivity index (χ2n) is 16.9. The number of aryl methyl sites for hydroxylation is 1. The smallest absolute Gasteiger partial charge is 0.144 e. The molecule has 5 aromatic carbocycles. The third kappa shape index (κ3) is 7.15. The number of aromatic nitrogens is 3. The number of para-hydroxylation sites is 1. The van der Waals surface area contributed by atoms with Crippen LogP contribution in [0.5, 0.6) is 5.75 Å². The Morgan fingerprint density at radius 3 is 1.91 bits per heavy atom. The molecule has 53 heavy (non-hydrogen) atoms. The van der Waals surface area contributed by atoms with Gasteiger partial charge in [-0.1, -0.05) is 134 Å². The van der Waals surface area contributed by atoms with Crippen molar-refractivity contribution < 1.29 is 5.11 Å². The molecule has 2 heterocycles. The molecule has 7 aromatic rings. The van der Waals surface area contributed by atoms with Gasteiger partial charge < -0.3 is 9.67 Å². The quantitative estimate of drug-likeness (QED) is 0.180. The van der Waals surface area contributed by atoms with Crippen LogP contribution in [-0.2, 0) is 17.4 Å². The highest BCUT2D eigenvalue weighted by Crippen LogP contribution is 2.44. The molecule has 2 aromatic heterocycles. The van der Waals surface area contributed by atoms with E-state index in [0.717, 1.165) is 73.6 Å². The Balaban J connectivity index is 1.49. The number of hydrogen-bond donors (Lipinski definition) is 1. The molecular formula is C49H51N3O. The minimum atomic E-state index is -0.251. The minimum absolute atomic E-state index is 0.110. The van der Waals surface area contributed by atoms with Crippen molar-refractivity contribution in [3.63, 3.8) is 0 Å². The van der Waals surface area contributed by atoms with E-state index in [1.165, 1.54) is 16.7 Å². The SMILES string of the molecule is Cc1cnc(-c2cc(-c3ccccc3)cc(-c3cccc4c3nc(-c3cc(C(C)(C)C)cc(C(C)(C)C)c3O)n4CC(C)C)c2)cc1-c1ccccc1. The topological polar surface area (TPSA) is 50.9 Å². The van der Waals surface area contributed by atoms with Crippen LogP contribution in [0.4, 0.5) is 0 Å². The van der Waals surface area contributed by atoms with Crippen molar-refractivity contribution in [2.24, 2.45) is 5.92 Å². The molecule has 0 atom stereocenters. The van der Waals surface area contributed by atoms with E-state index in [1.54, 1.807) is 0 Å². The fraction of sp³-hybridized carbons (Fsp3) is 0.265. The summed E-state index contributed by atoms with van der Waals surface area (Å²) in [5, 5.41) is 12.0. The number of rotatable bonds is 7. The van der Waals surface area contributed by atoms with Crippen molar-refractivity contribution in [2.45, 2.75) is 79.7 Å². The Hall–Kier alpha value is -5.48. The van der Waals surface area contributed by atoms with Crippen LogP contribution in [0.25, 0.3) is 67.1 Å². The summed E-state index contributed by atoms with van der Waals surface area (Å²) in [6, 6.07) is 40.9. The number of aromatic hydroxyl groups is 1. The zero-order valence-electron chi connectivity index (χ0n) is 32.6. The van der Waals surface area contributed by atoms with Crippen molar-refractivity contribution >= 4 is 11.0 Å². The monoisotopic (exact) mass is 697 g/mol. The lowest BCUT2D eigenvalue weighted by Crippen LogP contribution is -2.17. The van der Waals surface area contributed by atoms with Crippen LogP contribution in [0.15, 0.2) is 121 Å². The van der Waals surface area contributed by atoms with Crippen molar-refractivity contribution in [1.29, 1.82) is 0 Å². The normalized spacial score (nSPS) is 12.2. The molecule has 7 rings (SSSR count). The van der Waals surface area contributed by atoms with Gasteiger partial charge in [0.05, 0.1) is 22.3 Å². The summed E-state index contributed by atoms with van der Waals surface area (Å²) in [6.45, 7) is 20.5. The summed E-state index contributed by atoms with van der Waals surface area (Å²) in [5.74, 6) is 1.46. The molecule has 0 amide bonds. The summed E-state index contributed by atoms with van der Waals surface area (Å²) in [7, 11) is 0. The van der Waals surface area contributed by atoms with Crippen LogP contribution >= 0.6 is 0 Å². The zero-order valence-corrected chi connectivity index (χ0v) is 32.6. The van der Waals surface area contributed by atoms with Crippen LogP contribution < -0.4 is 0 Å². The number of benzene rings is 5. The van der Waals surface area contributed by atoms with Crippen molar-refractivity contribution in [1.82, 2.24) is 14.5 Å². The minimum Gasteiger partial charge on any atom is -0.507 e. The maximum atomic E-state index is 12.0. The van der Waals surface area contributed by atoms with E-state index in [1.807, 2.05) is 6.20 Å². The van der Waals surface area contributed by atoms with Gasteiger partial charge in [0.15, 0.2) is 0 Å². The van der Waals surface area contributed by atoms with Gasteiger partial charge in [0.25, 0.3) is 0 Å². The van der Waals surface area contributed by atoms with Crippen LogP contribution in [0.1, 0.15) is 72.1 Å². The first-order valence-corrected chi connectivity index (χ1v) is 18.8. The predicted molar refractivity (Wildman–Crippen MR) is 223 cm³/mol. The van der Waals surface area contributed by atoms with Gasteiger partial charge in [-0.05, 0) is 99.0 Å². The second-order valence-corrected chi connectivity index (χ2v) is 16.9. The van der Waals surface area contributed by atoms with Gasteiger partial charge in [-0.15, -0.1) is 0 Å². The first-order valence-electron chi connectivity index (χ1n) is 18.8. The lowest BCUT2D eigenvalue weighted by atomic mass is 9.79. The molecule has 0 spiro atoms. The molecular weight excluding hydrogens is 647 g/mol. The number of fused-ring (bicyclic) bond motifs is 1. The van der Waals surface area contributed by atoms with Gasteiger partial charge in [-0.3, -0.25) is 4.98 Å². The first kappa shape index (κ1) is 35.9. The Labute approximate surface area is 315 Å².